The number of hydrogen-bond acceptors (Lipinski definition) is 6. The van der Waals surface area contributed by atoms with E-state index >= 15 is 0 Å². The summed E-state index contributed by atoms with van der Waals surface area (Å²) in [6, 6.07) is 0. The van der Waals surface area contributed by atoms with Crippen molar-refractivity contribution in [3.63, 3.8) is 0 Å². The van der Waals surface area contributed by atoms with E-state index in [0.29, 0.717) is 6.42 Å². The molecule has 0 spiro atoms. The normalized spacial score (nSPS) is 11.0. The minimum absolute atomic E-state index is 0. The maximum Gasteiger partial charge on any atom is 1.00 e. The molecule has 22 heavy (non-hydrogen) atoms. The summed E-state index contributed by atoms with van der Waals surface area (Å²) in [5.74, 6) is -0.384. The molecule has 0 aromatic carbocycles. The standard InChI is InChI=1S/C14H28O6S.K/c1-2-3-4-5-6-7-8-9-10-11-14(15)19-12-13-20-21(16,17)18;/h2-13H2,1H3,(H,16,17,18);/q;+1/p-1. The molecule has 0 fully saturated rings. The third-order valence-corrected chi connectivity index (χ3v) is 3.51. The molecule has 0 bridgehead atoms. The van der Waals surface area contributed by atoms with E-state index in [2.05, 4.69) is 11.1 Å². The second-order valence-corrected chi connectivity index (χ2v) is 6.08. The number of rotatable bonds is 14. The predicted molar refractivity (Wildman–Crippen MR) is 78.5 cm³/mol. The van der Waals surface area contributed by atoms with Crippen LogP contribution in [0.25, 0.3) is 0 Å². The second kappa shape index (κ2) is 16.8. The third-order valence-electron chi connectivity index (χ3n) is 3.06. The van der Waals surface area contributed by atoms with Crippen LogP contribution in [0.5, 0.6) is 0 Å². The number of hydrogen-bond donors (Lipinski definition) is 0. The molecule has 0 unspecified atom stereocenters. The molecule has 0 atom stereocenters. The van der Waals surface area contributed by atoms with Gasteiger partial charge in [0.1, 0.15) is 6.61 Å². The summed E-state index contributed by atoms with van der Waals surface area (Å²) in [7, 11) is -4.70. The Labute approximate surface area is 177 Å². The Morgan fingerprint density at radius 2 is 1.41 bits per heavy atom. The van der Waals surface area contributed by atoms with E-state index in [1.54, 1.807) is 0 Å². The molecular weight excluding hydrogens is 335 g/mol. The van der Waals surface area contributed by atoms with Gasteiger partial charge in [-0.3, -0.25) is 8.98 Å². The number of carbonyl (C=O) groups excluding carboxylic acids is 1. The minimum atomic E-state index is -4.70. The van der Waals surface area contributed by atoms with Gasteiger partial charge >= 0.3 is 57.4 Å². The van der Waals surface area contributed by atoms with Crippen LogP contribution in [-0.4, -0.2) is 32.2 Å². The van der Waals surface area contributed by atoms with Crippen LogP contribution in [0, 0.1) is 0 Å². The Morgan fingerprint density at radius 1 is 0.909 bits per heavy atom. The van der Waals surface area contributed by atoms with Crippen LogP contribution < -0.4 is 51.4 Å². The van der Waals surface area contributed by atoms with Gasteiger partial charge in [-0.05, 0) is 6.42 Å². The SMILES string of the molecule is CCCCCCCCCCCC(=O)OCCOS(=O)(=O)[O-].[K+]. The quantitative estimate of drug-likeness (QED) is 0.141. The van der Waals surface area contributed by atoms with Crippen LogP contribution in [0.4, 0.5) is 0 Å². The Bertz CT molecular complexity index is 358. The van der Waals surface area contributed by atoms with E-state index in [1.807, 2.05) is 0 Å². The zero-order chi connectivity index (χ0) is 16.0. The first-order chi connectivity index (χ1) is 9.95. The third kappa shape index (κ3) is 21.0. The Kier molecular flexibility index (Phi) is 19.3. The number of carbonyl (C=O) groups is 1. The van der Waals surface area contributed by atoms with Gasteiger partial charge in [-0.15, -0.1) is 0 Å². The zero-order valence-electron chi connectivity index (χ0n) is 13.8. The van der Waals surface area contributed by atoms with Crippen molar-refractivity contribution in [1.82, 2.24) is 0 Å². The Hall–Kier alpha value is 0.976. The molecule has 0 saturated carbocycles. The average molecular weight is 363 g/mol. The summed E-state index contributed by atoms with van der Waals surface area (Å²) in [5.41, 5.74) is 0. The summed E-state index contributed by atoms with van der Waals surface area (Å²) in [4.78, 5) is 11.3. The average Bonchev–Trinajstić information content (AvgIpc) is 2.41. The van der Waals surface area contributed by atoms with Crippen LogP contribution in [0.1, 0.15) is 71.1 Å². The molecule has 6 nitrogen and oxygen atoms in total. The van der Waals surface area contributed by atoms with Crippen molar-refractivity contribution in [1.29, 1.82) is 0 Å². The van der Waals surface area contributed by atoms with E-state index in [4.69, 9.17) is 4.74 Å². The fourth-order valence-corrected chi connectivity index (χ4v) is 2.22. The number of unbranched alkanes of at least 4 members (excludes halogenated alkanes) is 8. The van der Waals surface area contributed by atoms with Crippen LogP contribution >= 0.6 is 0 Å². The van der Waals surface area contributed by atoms with Gasteiger partial charge in [-0.1, -0.05) is 58.3 Å². The molecule has 0 aliphatic rings. The maximum atomic E-state index is 11.3. The molecule has 0 radical (unpaired) electrons. The second-order valence-electron chi connectivity index (χ2n) is 5.03. The van der Waals surface area contributed by atoms with Crippen LogP contribution in [0.3, 0.4) is 0 Å². The van der Waals surface area contributed by atoms with E-state index in [1.165, 1.54) is 38.5 Å². The molecule has 0 saturated heterocycles. The van der Waals surface area contributed by atoms with Crippen molar-refractivity contribution in [2.75, 3.05) is 13.2 Å². The van der Waals surface area contributed by atoms with Crippen molar-refractivity contribution >= 4 is 16.4 Å². The van der Waals surface area contributed by atoms with Crippen molar-refractivity contribution < 1.29 is 78.1 Å². The molecule has 0 N–H and O–H groups in total. The molecule has 0 aliphatic heterocycles. The van der Waals surface area contributed by atoms with Gasteiger partial charge in [-0.2, -0.15) is 0 Å². The molecule has 8 heteroatoms. The van der Waals surface area contributed by atoms with Gasteiger partial charge in [0.2, 0.25) is 10.4 Å². The topological polar surface area (TPSA) is 92.7 Å². The van der Waals surface area contributed by atoms with Gasteiger partial charge in [0.05, 0.1) is 6.61 Å². The molecule has 0 aromatic rings. The van der Waals surface area contributed by atoms with Crippen LogP contribution in [0.2, 0.25) is 0 Å². The summed E-state index contributed by atoms with van der Waals surface area (Å²) in [6.45, 7) is 1.57. The maximum absolute atomic E-state index is 11.3. The monoisotopic (exact) mass is 362 g/mol. The van der Waals surface area contributed by atoms with Crippen molar-refractivity contribution in [3.8, 4) is 0 Å². The number of esters is 1. The fraction of sp³-hybridized carbons (Fsp3) is 0.929. The van der Waals surface area contributed by atoms with E-state index in [0.717, 1.165) is 19.3 Å². The van der Waals surface area contributed by atoms with E-state index in [9.17, 15) is 17.8 Å². The summed E-state index contributed by atoms with van der Waals surface area (Å²) < 4.78 is 39.0. The molecule has 126 valence electrons. The van der Waals surface area contributed by atoms with Gasteiger partial charge in [0.25, 0.3) is 0 Å². The first-order valence-electron chi connectivity index (χ1n) is 7.71. The summed E-state index contributed by atoms with van der Waals surface area (Å²) >= 11 is 0. The van der Waals surface area contributed by atoms with Crippen LogP contribution in [0.15, 0.2) is 0 Å². The van der Waals surface area contributed by atoms with Gasteiger partial charge in [-0.25, -0.2) is 8.42 Å². The molecule has 0 rings (SSSR count). The molecule has 0 aromatic heterocycles. The zero-order valence-corrected chi connectivity index (χ0v) is 17.8. The molecule has 0 amide bonds. The smallest absolute Gasteiger partial charge is 0.726 e. The number of ether oxygens (including phenoxy) is 1. The van der Waals surface area contributed by atoms with Gasteiger partial charge in [0.15, 0.2) is 0 Å². The van der Waals surface area contributed by atoms with E-state index < -0.39 is 17.0 Å². The minimum Gasteiger partial charge on any atom is -0.726 e. The summed E-state index contributed by atoms with van der Waals surface area (Å²) in [6.07, 6.45) is 10.8. The molecular formula is C14H27KO6S. The van der Waals surface area contributed by atoms with E-state index in [-0.39, 0.29) is 64.0 Å². The Balaban J connectivity index is 0. The van der Waals surface area contributed by atoms with Gasteiger partial charge in [0, 0.05) is 6.42 Å². The van der Waals surface area contributed by atoms with Crippen molar-refractivity contribution in [2.24, 2.45) is 0 Å². The first-order valence-corrected chi connectivity index (χ1v) is 9.05. The van der Waals surface area contributed by atoms with Crippen LogP contribution in [-0.2, 0) is 24.1 Å². The van der Waals surface area contributed by atoms with Crippen molar-refractivity contribution in [2.45, 2.75) is 71.1 Å². The van der Waals surface area contributed by atoms with Gasteiger partial charge < -0.3 is 9.29 Å². The summed E-state index contributed by atoms with van der Waals surface area (Å²) in [5, 5.41) is 0. The van der Waals surface area contributed by atoms with Crippen molar-refractivity contribution in [3.05, 3.63) is 0 Å². The molecule has 0 heterocycles. The first kappa shape index (κ1) is 25.2. The fourth-order valence-electron chi connectivity index (χ4n) is 1.94. The largest absolute Gasteiger partial charge is 1.00 e. The Morgan fingerprint density at radius 3 is 1.91 bits per heavy atom. The predicted octanol–water partition coefficient (Wildman–Crippen LogP) is -0.0687. The molecule has 0 aliphatic carbocycles.